The molecular formula is C16H16N2O. The number of para-hydroxylation sites is 1. The Morgan fingerprint density at radius 3 is 2.68 bits per heavy atom. The van der Waals surface area contributed by atoms with Crippen molar-refractivity contribution < 1.29 is 4.74 Å². The van der Waals surface area contributed by atoms with E-state index in [1.807, 2.05) is 42.5 Å². The zero-order valence-corrected chi connectivity index (χ0v) is 10.8. The molecule has 3 heteroatoms. The van der Waals surface area contributed by atoms with Crippen LogP contribution in [-0.4, -0.2) is 5.84 Å². The monoisotopic (exact) mass is 252 g/mol. The van der Waals surface area contributed by atoms with E-state index in [0.717, 1.165) is 23.6 Å². The van der Waals surface area contributed by atoms with E-state index in [4.69, 9.17) is 10.5 Å². The van der Waals surface area contributed by atoms with Gasteiger partial charge in [-0.3, -0.25) is 0 Å². The number of aliphatic imine (C=N–C) groups is 1. The van der Waals surface area contributed by atoms with Gasteiger partial charge >= 0.3 is 0 Å². The van der Waals surface area contributed by atoms with Crippen LogP contribution in [-0.2, 0) is 6.42 Å². The predicted molar refractivity (Wildman–Crippen MR) is 77.1 cm³/mol. The van der Waals surface area contributed by atoms with Gasteiger partial charge in [-0.15, -0.1) is 0 Å². The SMILES string of the molecule is CC1Cc2cc(Oc3ccccc3)ccc2N=C1N. The molecular weight excluding hydrogens is 236 g/mol. The summed E-state index contributed by atoms with van der Waals surface area (Å²) in [7, 11) is 0. The molecule has 0 aliphatic carbocycles. The van der Waals surface area contributed by atoms with Crippen molar-refractivity contribution in [2.24, 2.45) is 16.6 Å². The Labute approximate surface area is 112 Å². The molecule has 0 fully saturated rings. The highest BCUT2D eigenvalue weighted by atomic mass is 16.5. The number of ether oxygens (including phenoxy) is 1. The number of benzene rings is 2. The Balaban J connectivity index is 1.89. The molecule has 3 nitrogen and oxygen atoms in total. The normalized spacial score (nSPS) is 17.5. The average Bonchev–Trinajstić information content (AvgIpc) is 2.42. The van der Waals surface area contributed by atoms with Crippen molar-refractivity contribution in [3.63, 3.8) is 0 Å². The second kappa shape index (κ2) is 4.76. The van der Waals surface area contributed by atoms with Crippen LogP contribution in [0.15, 0.2) is 53.5 Å². The maximum atomic E-state index is 5.87. The minimum absolute atomic E-state index is 0.291. The standard InChI is InChI=1S/C16H16N2O/c1-11-9-12-10-14(7-8-15(12)18-16(11)17)19-13-5-3-2-4-6-13/h2-8,10-11H,9H2,1H3,(H2,17,18). The highest BCUT2D eigenvalue weighted by Crippen LogP contribution is 2.32. The van der Waals surface area contributed by atoms with Gasteiger partial charge in [-0.25, -0.2) is 4.99 Å². The molecule has 0 saturated heterocycles. The number of nitrogens with zero attached hydrogens (tertiary/aromatic N) is 1. The van der Waals surface area contributed by atoms with Crippen LogP contribution in [0.3, 0.4) is 0 Å². The highest BCUT2D eigenvalue weighted by molar-refractivity contribution is 5.87. The maximum absolute atomic E-state index is 5.87. The van der Waals surface area contributed by atoms with Crippen molar-refractivity contribution in [3.05, 3.63) is 54.1 Å². The summed E-state index contributed by atoms with van der Waals surface area (Å²) >= 11 is 0. The van der Waals surface area contributed by atoms with Crippen LogP contribution < -0.4 is 10.5 Å². The Kier molecular flexibility index (Phi) is 2.95. The number of hydrogen-bond donors (Lipinski definition) is 1. The van der Waals surface area contributed by atoms with Gasteiger partial charge in [0.1, 0.15) is 17.3 Å². The van der Waals surface area contributed by atoms with E-state index in [-0.39, 0.29) is 0 Å². The third kappa shape index (κ3) is 2.45. The average molecular weight is 252 g/mol. The van der Waals surface area contributed by atoms with Crippen LogP contribution in [0.5, 0.6) is 11.5 Å². The zero-order valence-electron chi connectivity index (χ0n) is 10.8. The van der Waals surface area contributed by atoms with E-state index in [0.29, 0.717) is 11.8 Å². The Hall–Kier alpha value is -2.29. The molecule has 0 radical (unpaired) electrons. The van der Waals surface area contributed by atoms with Crippen molar-refractivity contribution in [2.75, 3.05) is 0 Å². The van der Waals surface area contributed by atoms with E-state index < -0.39 is 0 Å². The second-order valence-electron chi connectivity index (χ2n) is 4.85. The molecule has 0 bridgehead atoms. The lowest BCUT2D eigenvalue weighted by atomic mass is 9.96. The summed E-state index contributed by atoms with van der Waals surface area (Å²) in [5.74, 6) is 2.69. The third-order valence-electron chi connectivity index (χ3n) is 3.31. The number of hydrogen-bond acceptors (Lipinski definition) is 3. The minimum atomic E-state index is 0.291. The highest BCUT2D eigenvalue weighted by Gasteiger charge is 2.17. The predicted octanol–water partition coefficient (Wildman–Crippen LogP) is 3.66. The van der Waals surface area contributed by atoms with Gasteiger partial charge in [-0.1, -0.05) is 25.1 Å². The topological polar surface area (TPSA) is 47.6 Å². The van der Waals surface area contributed by atoms with Crippen molar-refractivity contribution in [1.82, 2.24) is 0 Å². The molecule has 96 valence electrons. The zero-order chi connectivity index (χ0) is 13.2. The van der Waals surface area contributed by atoms with E-state index in [1.54, 1.807) is 0 Å². The first kappa shape index (κ1) is 11.8. The largest absolute Gasteiger partial charge is 0.457 e. The van der Waals surface area contributed by atoms with Crippen LogP contribution >= 0.6 is 0 Å². The Morgan fingerprint density at radius 1 is 1.11 bits per heavy atom. The lowest BCUT2D eigenvalue weighted by molar-refractivity contribution is 0.481. The van der Waals surface area contributed by atoms with E-state index >= 15 is 0 Å². The number of nitrogens with two attached hydrogens (primary N) is 1. The van der Waals surface area contributed by atoms with Gasteiger partial charge in [0, 0.05) is 5.92 Å². The molecule has 3 rings (SSSR count). The molecule has 0 aromatic heterocycles. The van der Waals surface area contributed by atoms with Crippen molar-refractivity contribution in [3.8, 4) is 11.5 Å². The van der Waals surface area contributed by atoms with Gasteiger partial charge in [0.05, 0.1) is 5.69 Å². The molecule has 2 aromatic carbocycles. The minimum Gasteiger partial charge on any atom is -0.457 e. The summed E-state index contributed by atoms with van der Waals surface area (Å²) < 4.78 is 5.83. The molecule has 0 spiro atoms. The molecule has 0 amide bonds. The lowest BCUT2D eigenvalue weighted by Crippen LogP contribution is -2.25. The smallest absolute Gasteiger partial charge is 0.127 e. The fraction of sp³-hybridized carbons (Fsp3) is 0.188. The molecule has 1 atom stereocenters. The van der Waals surface area contributed by atoms with Crippen LogP contribution in [0.25, 0.3) is 0 Å². The summed E-state index contributed by atoms with van der Waals surface area (Å²) in [5.41, 5.74) is 8.02. The quantitative estimate of drug-likeness (QED) is 0.886. The third-order valence-corrected chi connectivity index (χ3v) is 3.31. The molecule has 2 aromatic rings. The Bertz CT molecular complexity index is 620. The van der Waals surface area contributed by atoms with Crippen LogP contribution in [0.1, 0.15) is 12.5 Å². The molecule has 2 N–H and O–H groups in total. The molecule has 1 heterocycles. The number of amidine groups is 1. The fourth-order valence-corrected chi connectivity index (χ4v) is 2.21. The molecule has 19 heavy (non-hydrogen) atoms. The molecule has 0 saturated carbocycles. The van der Waals surface area contributed by atoms with E-state index in [9.17, 15) is 0 Å². The van der Waals surface area contributed by atoms with Gasteiger partial charge in [0.25, 0.3) is 0 Å². The number of fused-ring (bicyclic) bond motifs is 1. The van der Waals surface area contributed by atoms with E-state index in [1.165, 1.54) is 5.56 Å². The van der Waals surface area contributed by atoms with Gasteiger partial charge in [-0.2, -0.15) is 0 Å². The van der Waals surface area contributed by atoms with Crippen LogP contribution in [0.2, 0.25) is 0 Å². The van der Waals surface area contributed by atoms with Crippen LogP contribution in [0, 0.1) is 5.92 Å². The summed E-state index contributed by atoms with van der Waals surface area (Å²) in [6, 6.07) is 15.7. The Morgan fingerprint density at radius 2 is 1.89 bits per heavy atom. The van der Waals surface area contributed by atoms with E-state index in [2.05, 4.69) is 18.0 Å². The molecule has 1 unspecified atom stereocenters. The number of rotatable bonds is 2. The summed E-state index contributed by atoms with van der Waals surface area (Å²) in [4.78, 5) is 4.41. The molecule has 1 aliphatic rings. The summed E-state index contributed by atoms with van der Waals surface area (Å²) in [6.07, 6.45) is 0.913. The van der Waals surface area contributed by atoms with Gasteiger partial charge in [0.15, 0.2) is 0 Å². The maximum Gasteiger partial charge on any atom is 0.127 e. The molecule has 1 aliphatic heterocycles. The van der Waals surface area contributed by atoms with Gasteiger partial charge in [-0.05, 0) is 42.3 Å². The van der Waals surface area contributed by atoms with Crippen LogP contribution in [0.4, 0.5) is 5.69 Å². The first-order valence-electron chi connectivity index (χ1n) is 6.42. The fourth-order valence-electron chi connectivity index (χ4n) is 2.21. The first-order valence-corrected chi connectivity index (χ1v) is 6.42. The van der Waals surface area contributed by atoms with Gasteiger partial charge < -0.3 is 10.5 Å². The lowest BCUT2D eigenvalue weighted by Gasteiger charge is -2.19. The second-order valence-corrected chi connectivity index (χ2v) is 4.85. The van der Waals surface area contributed by atoms with Crippen molar-refractivity contribution in [2.45, 2.75) is 13.3 Å². The van der Waals surface area contributed by atoms with Gasteiger partial charge in [0.2, 0.25) is 0 Å². The summed E-state index contributed by atoms with van der Waals surface area (Å²) in [6.45, 7) is 2.09. The van der Waals surface area contributed by atoms with Crippen molar-refractivity contribution >= 4 is 11.5 Å². The van der Waals surface area contributed by atoms with Crippen molar-refractivity contribution in [1.29, 1.82) is 0 Å². The first-order chi connectivity index (χ1) is 9.22. The summed E-state index contributed by atoms with van der Waals surface area (Å²) in [5, 5.41) is 0.